The Kier molecular flexibility index (Phi) is 3.84. The second-order valence-corrected chi connectivity index (χ2v) is 5.00. The van der Waals surface area contributed by atoms with Crippen LogP contribution >= 0.6 is 11.6 Å². The molecule has 1 N–H and O–H groups in total. The Balaban J connectivity index is 2.23. The van der Waals surface area contributed by atoms with Gasteiger partial charge in [-0.3, -0.25) is 0 Å². The van der Waals surface area contributed by atoms with E-state index in [1.807, 2.05) is 18.9 Å². The lowest BCUT2D eigenvalue weighted by atomic mass is 9.91. The summed E-state index contributed by atoms with van der Waals surface area (Å²) in [5, 5.41) is 10.5. The maximum Gasteiger partial charge on any atom is 0.137 e. The van der Waals surface area contributed by atoms with Crippen molar-refractivity contribution in [3.05, 3.63) is 17.0 Å². The van der Waals surface area contributed by atoms with Crippen LogP contribution in [0.3, 0.4) is 0 Å². The zero-order valence-corrected chi connectivity index (χ0v) is 11.0. The molecule has 1 fully saturated rings. The van der Waals surface area contributed by atoms with E-state index < -0.39 is 0 Å². The van der Waals surface area contributed by atoms with Crippen molar-refractivity contribution in [1.29, 1.82) is 0 Å². The molecule has 1 aromatic heterocycles. The average Bonchev–Trinajstić information content (AvgIpc) is 2.32. The predicted molar refractivity (Wildman–Crippen MR) is 68.4 cm³/mol. The molecule has 0 amide bonds. The second kappa shape index (κ2) is 5.19. The zero-order valence-electron chi connectivity index (χ0n) is 10.2. The zero-order chi connectivity index (χ0) is 12.4. The molecule has 0 bridgehead atoms. The number of aliphatic hydroxyl groups excluding tert-OH is 1. The second-order valence-electron chi connectivity index (χ2n) is 4.64. The van der Waals surface area contributed by atoms with Crippen molar-refractivity contribution in [2.24, 2.45) is 0 Å². The third kappa shape index (κ3) is 2.53. The standard InChI is InChI=1S/C12H18ClN3O/c1-8-11(13)14-7-15-12(8)16(2)9-5-3-4-6-10(9)17/h7,9-10,17H,3-6H2,1-2H3. The SMILES string of the molecule is Cc1c(Cl)ncnc1N(C)C1CCCCC1O. The molecule has 1 aromatic rings. The van der Waals surface area contributed by atoms with Crippen molar-refractivity contribution in [3.8, 4) is 0 Å². The summed E-state index contributed by atoms with van der Waals surface area (Å²) in [6, 6.07) is 0.133. The van der Waals surface area contributed by atoms with Gasteiger partial charge in [0.05, 0.1) is 12.1 Å². The van der Waals surface area contributed by atoms with E-state index in [4.69, 9.17) is 11.6 Å². The van der Waals surface area contributed by atoms with Crippen molar-refractivity contribution in [3.63, 3.8) is 0 Å². The number of halogens is 1. The van der Waals surface area contributed by atoms with Crippen LogP contribution in [0.1, 0.15) is 31.2 Å². The van der Waals surface area contributed by atoms with Crippen LogP contribution in [0.2, 0.25) is 5.15 Å². The fraction of sp³-hybridized carbons (Fsp3) is 0.667. The summed E-state index contributed by atoms with van der Waals surface area (Å²) in [6.45, 7) is 1.91. The molecule has 1 heterocycles. The van der Waals surface area contributed by atoms with Gasteiger partial charge in [0.2, 0.25) is 0 Å². The molecule has 94 valence electrons. The largest absolute Gasteiger partial charge is 0.391 e. The van der Waals surface area contributed by atoms with Gasteiger partial charge in [0, 0.05) is 12.6 Å². The van der Waals surface area contributed by atoms with Gasteiger partial charge in [-0.05, 0) is 19.8 Å². The molecule has 2 rings (SSSR count). The molecule has 2 atom stereocenters. The van der Waals surface area contributed by atoms with Crippen LogP contribution in [0.4, 0.5) is 5.82 Å². The van der Waals surface area contributed by atoms with E-state index in [1.54, 1.807) is 0 Å². The number of hydrogen-bond acceptors (Lipinski definition) is 4. The number of anilines is 1. The fourth-order valence-corrected chi connectivity index (χ4v) is 2.60. The summed E-state index contributed by atoms with van der Waals surface area (Å²) in [5.74, 6) is 0.816. The van der Waals surface area contributed by atoms with Gasteiger partial charge in [-0.1, -0.05) is 24.4 Å². The number of nitrogens with zero attached hydrogens (tertiary/aromatic N) is 3. The molecule has 0 aliphatic heterocycles. The highest BCUT2D eigenvalue weighted by Gasteiger charge is 2.28. The average molecular weight is 256 g/mol. The first kappa shape index (κ1) is 12.6. The van der Waals surface area contributed by atoms with Gasteiger partial charge in [0.15, 0.2) is 0 Å². The lowest BCUT2D eigenvalue weighted by Gasteiger charge is -2.36. The Morgan fingerprint density at radius 1 is 1.35 bits per heavy atom. The van der Waals surface area contributed by atoms with E-state index in [-0.39, 0.29) is 12.1 Å². The molecule has 0 aromatic carbocycles. The molecule has 1 aliphatic rings. The van der Waals surface area contributed by atoms with Gasteiger partial charge >= 0.3 is 0 Å². The Bertz CT molecular complexity index is 399. The normalized spacial score (nSPS) is 24.7. The first-order valence-electron chi connectivity index (χ1n) is 5.99. The van der Waals surface area contributed by atoms with Crippen LogP contribution in [-0.4, -0.2) is 34.3 Å². The lowest BCUT2D eigenvalue weighted by molar-refractivity contribution is 0.106. The van der Waals surface area contributed by atoms with E-state index in [0.717, 1.165) is 37.1 Å². The Morgan fingerprint density at radius 3 is 2.76 bits per heavy atom. The fourth-order valence-electron chi connectivity index (χ4n) is 2.48. The quantitative estimate of drug-likeness (QED) is 0.823. The number of aliphatic hydroxyl groups is 1. The molecule has 0 saturated heterocycles. The Labute approximate surface area is 107 Å². The molecule has 5 heteroatoms. The molecule has 4 nitrogen and oxygen atoms in total. The van der Waals surface area contributed by atoms with Gasteiger partial charge in [-0.15, -0.1) is 0 Å². The highest BCUT2D eigenvalue weighted by atomic mass is 35.5. The molecule has 1 saturated carbocycles. The summed E-state index contributed by atoms with van der Waals surface area (Å²) in [6.07, 6.45) is 5.32. The van der Waals surface area contributed by atoms with Crippen LogP contribution in [0, 0.1) is 6.92 Å². The highest BCUT2D eigenvalue weighted by Crippen LogP contribution is 2.28. The van der Waals surface area contributed by atoms with Crippen molar-refractivity contribution in [1.82, 2.24) is 9.97 Å². The molecule has 2 unspecified atom stereocenters. The smallest absolute Gasteiger partial charge is 0.137 e. The number of likely N-dealkylation sites (N-methyl/N-ethyl adjacent to an activating group) is 1. The molecule has 17 heavy (non-hydrogen) atoms. The molecular weight excluding hydrogens is 238 g/mol. The van der Waals surface area contributed by atoms with Crippen LogP contribution in [0.15, 0.2) is 6.33 Å². The first-order chi connectivity index (χ1) is 8.11. The minimum atomic E-state index is -0.276. The van der Waals surface area contributed by atoms with Crippen molar-refractivity contribution in [2.75, 3.05) is 11.9 Å². The molecule has 0 radical (unpaired) electrons. The van der Waals surface area contributed by atoms with Gasteiger partial charge in [0.25, 0.3) is 0 Å². The van der Waals surface area contributed by atoms with Gasteiger partial charge in [0.1, 0.15) is 17.3 Å². The summed E-state index contributed by atoms with van der Waals surface area (Å²) in [5.41, 5.74) is 0.870. The van der Waals surface area contributed by atoms with E-state index in [2.05, 4.69) is 9.97 Å². The third-order valence-electron chi connectivity index (χ3n) is 3.52. The summed E-state index contributed by atoms with van der Waals surface area (Å²) in [4.78, 5) is 10.3. The van der Waals surface area contributed by atoms with E-state index >= 15 is 0 Å². The Morgan fingerprint density at radius 2 is 2.06 bits per heavy atom. The number of hydrogen-bond donors (Lipinski definition) is 1. The molecule has 1 aliphatic carbocycles. The van der Waals surface area contributed by atoms with Crippen LogP contribution in [0.5, 0.6) is 0 Å². The lowest BCUT2D eigenvalue weighted by Crippen LogP contribution is -2.44. The van der Waals surface area contributed by atoms with Crippen molar-refractivity contribution in [2.45, 2.75) is 44.8 Å². The summed E-state index contributed by atoms with van der Waals surface area (Å²) < 4.78 is 0. The van der Waals surface area contributed by atoms with Crippen LogP contribution in [-0.2, 0) is 0 Å². The summed E-state index contributed by atoms with van der Waals surface area (Å²) >= 11 is 5.99. The van der Waals surface area contributed by atoms with Crippen LogP contribution < -0.4 is 4.90 Å². The van der Waals surface area contributed by atoms with Crippen LogP contribution in [0.25, 0.3) is 0 Å². The maximum atomic E-state index is 10.0. The van der Waals surface area contributed by atoms with Gasteiger partial charge in [-0.25, -0.2) is 9.97 Å². The van der Waals surface area contributed by atoms with Gasteiger partial charge in [-0.2, -0.15) is 0 Å². The van der Waals surface area contributed by atoms with Gasteiger partial charge < -0.3 is 10.0 Å². The van der Waals surface area contributed by atoms with Crippen molar-refractivity contribution < 1.29 is 5.11 Å². The maximum absolute atomic E-state index is 10.0. The third-order valence-corrected chi connectivity index (χ3v) is 3.90. The predicted octanol–water partition coefficient (Wildman–Crippen LogP) is 2.18. The van der Waals surface area contributed by atoms with E-state index in [9.17, 15) is 5.11 Å². The highest BCUT2D eigenvalue weighted by molar-refractivity contribution is 6.30. The topological polar surface area (TPSA) is 49.2 Å². The molecular formula is C12H18ClN3O. The summed E-state index contributed by atoms with van der Waals surface area (Å²) in [7, 11) is 1.96. The van der Waals surface area contributed by atoms with E-state index in [0.29, 0.717) is 5.15 Å². The minimum absolute atomic E-state index is 0.133. The Hall–Kier alpha value is -0.870. The van der Waals surface area contributed by atoms with E-state index in [1.165, 1.54) is 6.33 Å². The number of rotatable bonds is 2. The number of aromatic nitrogens is 2. The molecule has 0 spiro atoms. The van der Waals surface area contributed by atoms with Crippen molar-refractivity contribution >= 4 is 17.4 Å². The first-order valence-corrected chi connectivity index (χ1v) is 6.37. The monoisotopic (exact) mass is 255 g/mol. The minimum Gasteiger partial charge on any atom is -0.391 e.